The number of fused-ring (bicyclic) bond motifs is 1. The molecule has 3 amide bonds. The van der Waals surface area contributed by atoms with Crippen LogP contribution in [0.25, 0.3) is 10.9 Å². The fraction of sp³-hybridized carbons (Fsp3) is 0.333. The van der Waals surface area contributed by atoms with Crippen molar-refractivity contribution in [1.82, 2.24) is 25.6 Å². The summed E-state index contributed by atoms with van der Waals surface area (Å²) in [7, 11) is 1.70. The molecule has 236 valence electrons. The van der Waals surface area contributed by atoms with Crippen molar-refractivity contribution in [2.24, 2.45) is 0 Å². The molecule has 2 aromatic carbocycles. The van der Waals surface area contributed by atoms with E-state index in [-0.39, 0.29) is 36.8 Å². The van der Waals surface area contributed by atoms with E-state index in [1.807, 2.05) is 48.5 Å². The topological polar surface area (TPSA) is 147 Å². The fourth-order valence-corrected chi connectivity index (χ4v) is 4.79. The molecule has 12 nitrogen and oxygen atoms in total. The number of alkyl carbamates (subject to hydrolysis) is 1. The highest BCUT2D eigenvalue weighted by atomic mass is 16.5. The number of hydrogen-bond donors (Lipinski definition) is 2. The first-order valence-electron chi connectivity index (χ1n) is 14.6. The van der Waals surface area contributed by atoms with Gasteiger partial charge in [-0.05, 0) is 62.6 Å². The first-order chi connectivity index (χ1) is 21.6. The van der Waals surface area contributed by atoms with E-state index in [1.165, 1.54) is 5.01 Å². The highest BCUT2D eigenvalue weighted by molar-refractivity contribution is 5.98. The standard InChI is InChI=1S/C33H38N6O6/c1-23-27(16-15-26-29(23)30(41)45-22-36-26)39(28(40)14-10-19-35-32(43)44-21-24-11-6-5-7-12-24)37-33(2,3)31(42)38(4)20-17-25-13-8-9-18-34-25/h5-9,11-13,15-16,18,22,37H,10,14,17,19-21H2,1-4H3,(H,35,43). The van der Waals surface area contributed by atoms with E-state index in [1.54, 1.807) is 51.0 Å². The molecule has 2 aromatic heterocycles. The van der Waals surface area contributed by atoms with Crippen LogP contribution in [0.5, 0.6) is 0 Å². The summed E-state index contributed by atoms with van der Waals surface area (Å²) in [5.41, 5.74) is 4.27. The van der Waals surface area contributed by atoms with Crippen LogP contribution in [-0.4, -0.2) is 58.5 Å². The second-order valence-corrected chi connectivity index (χ2v) is 11.1. The molecular formula is C33H38N6O6. The van der Waals surface area contributed by atoms with E-state index < -0.39 is 17.3 Å². The minimum atomic E-state index is -1.23. The number of carbonyl (C=O) groups is 3. The van der Waals surface area contributed by atoms with Crippen LogP contribution in [0.1, 0.15) is 43.5 Å². The molecule has 0 radical (unpaired) electrons. The summed E-state index contributed by atoms with van der Waals surface area (Å²) in [6, 6.07) is 18.2. The first-order valence-corrected chi connectivity index (χ1v) is 14.6. The van der Waals surface area contributed by atoms with E-state index >= 15 is 0 Å². The number of nitrogens with one attached hydrogen (secondary N) is 2. The summed E-state index contributed by atoms with van der Waals surface area (Å²) < 4.78 is 10.2. The number of aromatic nitrogens is 2. The number of benzene rings is 2. The number of aryl methyl sites for hydroxylation is 1. The molecule has 0 saturated heterocycles. The molecule has 2 N–H and O–H groups in total. The molecule has 0 aliphatic heterocycles. The first kappa shape index (κ1) is 32.8. The summed E-state index contributed by atoms with van der Waals surface area (Å²) in [5.74, 6) is -0.624. The monoisotopic (exact) mass is 614 g/mol. The Morgan fingerprint density at radius 1 is 1.00 bits per heavy atom. The highest BCUT2D eigenvalue weighted by Crippen LogP contribution is 2.26. The Bertz CT molecular complexity index is 1680. The van der Waals surface area contributed by atoms with Crippen LogP contribution in [-0.2, 0) is 27.4 Å². The molecule has 0 atom stereocenters. The van der Waals surface area contributed by atoms with Crippen LogP contribution in [0, 0.1) is 6.92 Å². The predicted molar refractivity (Wildman–Crippen MR) is 169 cm³/mol. The number of nitrogens with zero attached hydrogens (tertiary/aromatic N) is 4. The average Bonchev–Trinajstić information content (AvgIpc) is 3.04. The zero-order valence-corrected chi connectivity index (χ0v) is 25.9. The van der Waals surface area contributed by atoms with Gasteiger partial charge in [-0.25, -0.2) is 25.0 Å². The molecule has 4 rings (SSSR count). The number of ether oxygens (including phenoxy) is 1. The summed E-state index contributed by atoms with van der Waals surface area (Å²) in [5, 5.41) is 4.18. The maximum absolute atomic E-state index is 13.7. The number of pyridine rings is 1. The van der Waals surface area contributed by atoms with Gasteiger partial charge in [0.05, 0.1) is 16.6 Å². The third-order valence-corrected chi connectivity index (χ3v) is 7.21. The van der Waals surface area contributed by atoms with Crippen LogP contribution >= 0.6 is 0 Å². The minimum Gasteiger partial charge on any atom is -0.445 e. The number of likely N-dealkylation sites (N-methyl/N-ethyl adjacent to an activating group) is 1. The van der Waals surface area contributed by atoms with Gasteiger partial charge in [0.1, 0.15) is 12.1 Å². The lowest BCUT2D eigenvalue weighted by atomic mass is 10.0. The average molecular weight is 615 g/mol. The van der Waals surface area contributed by atoms with Gasteiger partial charge in [-0.15, -0.1) is 0 Å². The number of hydrazine groups is 1. The van der Waals surface area contributed by atoms with Crippen molar-refractivity contribution in [3.05, 3.63) is 100 Å². The van der Waals surface area contributed by atoms with Gasteiger partial charge in [-0.3, -0.25) is 14.6 Å². The van der Waals surface area contributed by atoms with Crippen molar-refractivity contribution < 1.29 is 23.5 Å². The quantitative estimate of drug-likeness (QED) is 0.169. The minimum absolute atomic E-state index is 0.0187. The maximum atomic E-state index is 13.7. The van der Waals surface area contributed by atoms with E-state index in [4.69, 9.17) is 9.15 Å². The van der Waals surface area contributed by atoms with Crippen LogP contribution < -0.4 is 21.4 Å². The highest BCUT2D eigenvalue weighted by Gasteiger charge is 2.35. The Labute approximate surface area is 261 Å². The Morgan fingerprint density at radius 3 is 2.49 bits per heavy atom. The van der Waals surface area contributed by atoms with Crippen molar-refractivity contribution in [3.8, 4) is 0 Å². The number of rotatable bonds is 13. The van der Waals surface area contributed by atoms with Crippen LogP contribution in [0.15, 0.2) is 82.5 Å². The third-order valence-electron chi connectivity index (χ3n) is 7.21. The molecule has 45 heavy (non-hydrogen) atoms. The van der Waals surface area contributed by atoms with Gasteiger partial charge in [0.25, 0.3) is 0 Å². The van der Waals surface area contributed by atoms with Gasteiger partial charge in [-0.2, -0.15) is 0 Å². The van der Waals surface area contributed by atoms with Crippen molar-refractivity contribution in [2.75, 3.05) is 25.1 Å². The number of anilines is 1. The summed E-state index contributed by atoms with van der Waals surface area (Å²) >= 11 is 0. The van der Waals surface area contributed by atoms with Crippen LogP contribution in [0.3, 0.4) is 0 Å². The van der Waals surface area contributed by atoms with E-state index in [0.29, 0.717) is 36.2 Å². The summed E-state index contributed by atoms with van der Waals surface area (Å²) in [6.45, 7) is 5.80. The zero-order chi connectivity index (χ0) is 32.4. The Kier molecular flexibility index (Phi) is 11.0. The van der Waals surface area contributed by atoms with Crippen molar-refractivity contribution >= 4 is 34.5 Å². The molecule has 0 aliphatic carbocycles. The zero-order valence-electron chi connectivity index (χ0n) is 25.9. The van der Waals surface area contributed by atoms with Gasteiger partial charge < -0.3 is 19.4 Å². The lowest BCUT2D eigenvalue weighted by Gasteiger charge is -2.36. The molecule has 0 fully saturated rings. The molecule has 0 bridgehead atoms. The molecule has 0 spiro atoms. The lowest BCUT2D eigenvalue weighted by molar-refractivity contribution is -0.136. The van der Waals surface area contributed by atoms with Crippen LogP contribution in [0.4, 0.5) is 10.5 Å². The van der Waals surface area contributed by atoms with Crippen molar-refractivity contribution in [1.29, 1.82) is 0 Å². The second kappa shape index (κ2) is 15.1. The van der Waals surface area contributed by atoms with Gasteiger partial charge >= 0.3 is 11.7 Å². The molecule has 0 unspecified atom stereocenters. The van der Waals surface area contributed by atoms with Gasteiger partial charge in [-0.1, -0.05) is 36.4 Å². The molecule has 0 saturated carbocycles. The second-order valence-electron chi connectivity index (χ2n) is 11.1. The predicted octanol–water partition coefficient (Wildman–Crippen LogP) is 3.92. The third kappa shape index (κ3) is 8.73. The Morgan fingerprint density at radius 2 is 1.76 bits per heavy atom. The van der Waals surface area contributed by atoms with E-state index in [9.17, 15) is 19.2 Å². The van der Waals surface area contributed by atoms with Gasteiger partial charge in [0, 0.05) is 44.9 Å². The SMILES string of the molecule is Cc1c(N(NC(C)(C)C(=O)N(C)CCc2ccccn2)C(=O)CCCNC(=O)OCc2ccccc2)ccc2ncoc(=O)c12. The largest absolute Gasteiger partial charge is 0.445 e. The van der Waals surface area contributed by atoms with Gasteiger partial charge in [0.2, 0.25) is 11.8 Å². The van der Waals surface area contributed by atoms with Crippen LogP contribution in [0.2, 0.25) is 0 Å². The van der Waals surface area contributed by atoms with E-state index in [0.717, 1.165) is 17.7 Å². The van der Waals surface area contributed by atoms with Gasteiger partial charge in [0.15, 0.2) is 6.39 Å². The normalized spacial score (nSPS) is 11.2. The van der Waals surface area contributed by atoms with E-state index in [2.05, 4.69) is 20.7 Å². The molecule has 12 heteroatoms. The molecule has 4 aromatic rings. The molecule has 0 aliphatic rings. The number of carbonyl (C=O) groups excluding carboxylic acids is 3. The van der Waals surface area contributed by atoms with Crippen molar-refractivity contribution in [2.45, 2.75) is 52.2 Å². The number of amides is 3. The van der Waals surface area contributed by atoms with Crippen molar-refractivity contribution in [3.63, 3.8) is 0 Å². The smallest absolute Gasteiger partial charge is 0.407 e. The number of hydrogen-bond acceptors (Lipinski definition) is 9. The maximum Gasteiger partial charge on any atom is 0.407 e. The summed E-state index contributed by atoms with van der Waals surface area (Å²) in [4.78, 5) is 62.1. The molecular weight excluding hydrogens is 576 g/mol. The Hall–Kier alpha value is -5.10. The fourth-order valence-electron chi connectivity index (χ4n) is 4.79. The summed E-state index contributed by atoms with van der Waals surface area (Å²) in [6.07, 6.45) is 3.07. The Balaban J connectivity index is 1.46. The lowest BCUT2D eigenvalue weighted by Crippen LogP contribution is -2.61. The molecule has 2 heterocycles.